The Morgan fingerprint density at radius 1 is 1.17 bits per heavy atom. The lowest BCUT2D eigenvalue weighted by molar-refractivity contribution is -0.145. The van der Waals surface area contributed by atoms with Gasteiger partial charge in [0.1, 0.15) is 0 Å². The monoisotopic (exact) mass is 329 g/mol. The molecule has 1 atom stereocenters. The number of benzene rings is 1. The van der Waals surface area contributed by atoms with Crippen LogP contribution in [0.3, 0.4) is 0 Å². The van der Waals surface area contributed by atoms with Crippen molar-refractivity contribution in [3.8, 4) is 0 Å². The molecule has 1 heterocycles. The molecule has 6 heteroatoms. The Bertz CT molecular complexity index is 556. The molecule has 128 valence electrons. The molecule has 0 N–H and O–H groups in total. The van der Waals surface area contributed by atoms with Crippen molar-refractivity contribution >= 4 is 19.1 Å². The number of unbranched alkanes of at least 4 members (excludes halogenated alkanes) is 1. The smallest absolute Gasteiger partial charge is 0.498 e. The molecule has 0 amide bonds. The molecule has 24 heavy (non-hydrogen) atoms. The summed E-state index contributed by atoms with van der Waals surface area (Å²) < 4.78 is 10.8. The predicted octanol–water partition coefficient (Wildman–Crippen LogP) is 2.48. The molecule has 0 spiro atoms. The van der Waals surface area contributed by atoms with Crippen LogP contribution in [-0.2, 0) is 25.3 Å². The fourth-order valence-corrected chi connectivity index (χ4v) is 2.61. The molecule has 5 nitrogen and oxygen atoms in total. The molecule has 1 aliphatic rings. The van der Waals surface area contributed by atoms with Crippen molar-refractivity contribution in [2.45, 2.75) is 32.0 Å². The molecule has 2 rings (SSSR count). The van der Waals surface area contributed by atoms with Gasteiger partial charge in [-0.05, 0) is 25.5 Å². The van der Waals surface area contributed by atoms with E-state index in [2.05, 4.69) is 13.0 Å². The Morgan fingerprint density at radius 3 is 2.38 bits per heavy atom. The lowest BCUT2D eigenvalue weighted by Gasteiger charge is -2.25. The summed E-state index contributed by atoms with van der Waals surface area (Å²) in [4.78, 5) is 25.5. The molecule has 1 aromatic carbocycles. The molecule has 1 saturated heterocycles. The van der Waals surface area contributed by atoms with Crippen LogP contribution >= 0.6 is 0 Å². The summed E-state index contributed by atoms with van der Waals surface area (Å²) in [6.45, 7) is 2.27. The van der Waals surface area contributed by atoms with Gasteiger partial charge in [-0.25, -0.2) is 0 Å². The van der Waals surface area contributed by atoms with Crippen LogP contribution in [0.25, 0.3) is 0 Å². The first kappa shape index (κ1) is 18.3. The summed E-state index contributed by atoms with van der Waals surface area (Å²) >= 11 is 0. The summed E-state index contributed by atoms with van der Waals surface area (Å²) in [5.74, 6) is -0.954. The van der Waals surface area contributed by atoms with Crippen molar-refractivity contribution in [2.75, 3.05) is 20.1 Å². The zero-order chi connectivity index (χ0) is 17.4. The summed E-state index contributed by atoms with van der Waals surface area (Å²) in [6, 6.07) is 9.92. The Morgan fingerprint density at radius 2 is 1.79 bits per heavy atom. The van der Waals surface area contributed by atoms with E-state index in [0.717, 1.165) is 18.4 Å². The summed E-state index contributed by atoms with van der Waals surface area (Å²) in [7, 11) is 0.804. The van der Waals surface area contributed by atoms with Gasteiger partial charge >= 0.3 is 19.1 Å². The SMILES string of the molecule is CCC/C=C/C(Cc1ccccc1)B1OC(=O)CN(C)CC(=O)O1. The molecule has 1 unspecified atom stereocenters. The van der Waals surface area contributed by atoms with Gasteiger partial charge in [-0.15, -0.1) is 0 Å². The highest BCUT2D eigenvalue weighted by Gasteiger charge is 2.38. The van der Waals surface area contributed by atoms with Crippen molar-refractivity contribution in [2.24, 2.45) is 0 Å². The highest BCUT2D eigenvalue weighted by molar-refractivity contribution is 6.51. The minimum Gasteiger partial charge on any atom is -0.498 e. The quantitative estimate of drug-likeness (QED) is 0.593. The molecule has 1 aromatic rings. The lowest BCUT2D eigenvalue weighted by Crippen LogP contribution is -2.44. The number of nitrogens with zero attached hydrogens (tertiary/aromatic N) is 1. The Kier molecular flexibility index (Phi) is 7.06. The number of carbonyl (C=O) groups excluding carboxylic acids is 2. The van der Waals surface area contributed by atoms with E-state index in [-0.39, 0.29) is 30.8 Å². The predicted molar refractivity (Wildman–Crippen MR) is 93.4 cm³/mol. The number of likely N-dealkylation sites (N-methyl/N-ethyl adjacent to an activating group) is 1. The Labute approximate surface area is 143 Å². The third-order valence-corrected chi connectivity index (χ3v) is 3.80. The van der Waals surface area contributed by atoms with E-state index in [9.17, 15) is 9.59 Å². The molecule has 1 aliphatic heterocycles. The molecule has 0 aromatic heterocycles. The van der Waals surface area contributed by atoms with Crippen LogP contribution in [0.2, 0.25) is 5.82 Å². The van der Waals surface area contributed by atoms with E-state index < -0.39 is 7.12 Å². The number of hydrogen-bond donors (Lipinski definition) is 0. The highest BCUT2D eigenvalue weighted by Crippen LogP contribution is 2.23. The van der Waals surface area contributed by atoms with Crippen LogP contribution in [0.15, 0.2) is 42.5 Å². The topological polar surface area (TPSA) is 55.8 Å². The zero-order valence-corrected chi connectivity index (χ0v) is 14.3. The largest absolute Gasteiger partial charge is 0.606 e. The lowest BCUT2D eigenvalue weighted by atomic mass is 9.68. The maximum atomic E-state index is 12.0. The number of carbonyl (C=O) groups is 2. The van der Waals surface area contributed by atoms with Gasteiger partial charge in [0.25, 0.3) is 0 Å². The summed E-state index contributed by atoms with van der Waals surface area (Å²) in [5.41, 5.74) is 1.11. The molecule has 0 bridgehead atoms. The first-order chi connectivity index (χ1) is 11.6. The fraction of sp³-hybridized carbons (Fsp3) is 0.444. The third-order valence-electron chi connectivity index (χ3n) is 3.80. The maximum Gasteiger partial charge on any atom is 0.606 e. The van der Waals surface area contributed by atoms with Gasteiger partial charge in [-0.1, -0.05) is 55.8 Å². The first-order valence-corrected chi connectivity index (χ1v) is 8.36. The molecule has 0 aliphatic carbocycles. The van der Waals surface area contributed by atoms with Crippen molar-refractivity contribution in [3.63, 3.8) is 0 Å². The van der Waals surface area contributed by atoms with Crippen LogP contribution in [0, 0.1) is 0 Å². The maximum absolute atomic E-state index is 12.0. The van der Waals surface area contributed by atoms with Crippen LogP contribution < -0.4 is 0 Å². The first-order valence-electron chi connectivity index (χ1n) is 8.36. The van der Waals surface area contributed by atoms with Crippen molar-refractivity contribution in [1.29, 1.82) is 0 Å². The third kappa shape index (κ3) is 5.85. The van der Waals surface area contributed by atoms with E-state index in [1.165, 1.54) is 0 Å². The van der Waals surface area contributed by atoms with Crippen molar-refractivity contribution < 1.29 is 18.9 Å². The Balaban J connectivity index is 2.16. The van der Waals surface area contributed by atoms with Crippen LogP contribution in [0.4, 0.5) is 0 Å². The molecule has 0 saturated carbocycles. The van der Waals surface area contributed by atoms with E-state index in [0.29, 0.717) is 6.42 Å². The van der Waals surface area contributed by atoms with Crippen LogP contribution in [0.1, 0.15) is 25.3 Å². The minimum absolute atomic E-state index is 0.0856. The Hall–Kier alpha value is -2.08. The minimum atomic E-state index is -0.882. The average Bonchev–Trinajstić information content (AvgIpc) is 2.53. The zero-order valence-electron chi connectivity index (χ0n) is 14.3. The standard InChI is InChI=1S/C18H24BNO4/c1-3-4-6-11-16(12-15-9-7-5-8-10-15)19-23-17(21)13-20(2)14-18(22)24-19/h5-11,16H,3-4,12-14H2,1-2H3/b11-6+. The summed E-state index contributed by atoms with van der Waals surface area (Å²) in [5, 5.41) is 0. The van der Waals surface area contributed by atoms with Gasteiger partial charge in [0.15, 0.2) is 0 Å². The fourth-order valence-electron chi connectivity index (χ4n) is 2.61. The summed E-state index contributed by atoms with van der Waals surface area (Å²) in [6.07, 6.45) is 6.65. The second-order valence-electron chi connectivity index (χ2n) is 6.09. The normalized spacial score (nSPS) is 18.0. The number of allylic oxidation sites excluding steroid dienone is 2. The molecular weight excluding hydrogens is 305 g/mol. The second kappa shape index (κ2) is 9.28. The number of hydrogen-bond acceptors (Lipinski definition) is 5. The highest BCUT2D eigenvalue weighted by atomic mass is 16.6. The van der Waals surface area contributed by atoms with Gasteiger partial charge in [0.05, 0.1) is 13.1 Å². The van der Waals surface area contributed by atoms with Crippen LogP contribution in [-0.4, -0.2) is 44.1 Å². The van der Waals surface area contributed by atoms with Gasteiger partial charge in [0.2, 0.25) is 0 Å². The molecular formula is C18H24BNO4. The second-order valence-corrected chi connectivity index (χ2v) is 6.09. The van der Waals surface area contributed by atoms with Crippen molar-refractivity contribution in [1.82, 2.24) is 4.90 Å². The molecule has 1 fully saturated rings. The van der Waals surface area contributed by atoms with E-state index in [1.54, 1.807) is 11.9 Å². The van der Waals surface area contributed by atoms with E-state index in [4.69, 9.17) is 9.31 Å². The van der Waals surface area contributed by atoms with Crippen LogP contribution in [0.5, 0.6) is 0 Å². The van der Waals surface area contributed by atoms with Gasteiger partial charge in [-0.3, -0.25) is 14.5 Å². The molecule has 0 radical (unpaired) electrons. The number of rotatable bonds is 6. The van der Waals surface area contributed by atoms with E-state index >= 15 is 0 Å². The van der Waals surface area contributed by atoms with E-state index in [1.807, 2.05) is 36.4 Å². The average molecular weight is 329 g/mol. The van der Waals surface area contributed by atoms with Gasteiger partial charge in [-0.2, -0.15) is 0 Å². The van der Waals surface area contributed by atoms with Crippen molar-refractivity contribution in [3.05, 3.63) is 48.0 Å². The van der Waals surface area contributed by atoms with Gasteiger partial charge < -0.3 is 9.31 Å². The van der Waals surface area contributed by atoms with Gasteiger partial charge in [0, 0.05) is 5.82 Å².